The summed E-state index contributed by atoms with van der Waals surface area (Å²) in [5, 5.41) is 2.43. The van der Waals surface area contributed by atoms with Gasteiger partial charge in [0.25, 0.3) is 11.8 Å². The quantitative estimate of drug-likeness (QED) is 0.523. The average Bonchev–Trinajstić information content (AvgIpc) is 3.04. The summed E-state index contributed by atoms with van der Waals surface area (Å²) in [6.45, 7) is -0.105. The van der Waals surface area contributed by atoms with E-state index in [0.29, 0.717) is 16.9 Å². The molecule has 0 radical (unpaired) electrons. The van der Waals surface area contributed by atoms with E-state index in [9.17, 15) is 19.2 Å². The molecule has 0 unspecified atom stereocenters. The number of hydrazine groups is 1. The number of carbonyl (C=O) groups excluding carboxylic acids is 4. The minimum Gasteiger partial charge on any atom is -0.497 e. The van der Waals surface area contributed by atoms with Crippen LogP contribution in [0, 0.1) is 0 Å². The fraction of sp³-hybridized carbons (Fsp3) is 0.158. The maximum absolute atomic E-state index is 12.5. The van der Waals surface area contributed by atoms with Crippen LogP contribution < -0.4 is 20.9 Å². The molecular formula is C19H18N4O5. The van der Waals surface area contributed by atoms with Gasteiger partial charge in [0.15, 0.2) is 0 Å². The third-order valence-electron chi connectivity index (χ3n) is 4.17. The van der Waals surface area contributed by atoms with Gasteiger partial charge in [0.2, 0.25) is 5.91 Å². The number of ether oxygens (including phenoxy) is 1. The zero-order chi connectivity index (χ0) is 20.1. The smallest absolute Gasteiger partial charge is 0.324 e. The lowest BCUT2D eigenvalue weighted by molar-refractivity contribution is -0.125. The monoisotopic (exact) mass is 382 g/mol. The number of hydrogen-bond acceptors (Lipinski definition) is 5. The first kappa shape index (κ1) is 18.9. The molecule has 0 bridgehead atoms. The number of benzene rings is 2. The number of nitrogens with one attached hydrogen (secondary N) is 3. The molecule has 0 spiro atoms. The van der Waals surface area contributed by atoms with Gasteiger partial charge in [0, 0.05) is 11.1 Å². The van der Waals surface area contributed by atoms with Crippen molar-refractivity contribution in [2.75, 3.05) is 13.7 Å². The number of methoxy groups -OCH3 is 1. The number of amides is 5. The summed E-state index contributed by atoms with van der Waals surface area (Å²) < 4.78 is 5.03. The molecule has 9 heteroatoms. The van der Waals surface area contributed by atoms with Gasteiger partial charge in [-0.3, -0.25) is 30.1 Å². The molecule has 1 heterocycles. The van der Waals surface area contributed by atoms with Gasteiger partial charge in [0.05, 0.1) is 20.2 Å². The molecule has 1 fully saturated rings. The highest BCUT2D eigenvalue weighted by Crippen LogP contribution is 2.14. The fourth-order valence-corrected chi connectivity index (χ4v) is 2.66. The van der Waals surface area contributed by atoms with E-state index in [2.05, 4.69) is 16.2 Å². The van der Waals surface area contributed by atoms with Gasteiger partial charge in [-0.1, -0.05) is 18.2 Å². The largest absolute Gasteiger partial charge is 0.497 e. The molecule has 3 N–H and O–H groups in total. The lowest BCUT2D eigenvalue weighted by atomic mass is 10.1. The second-order valence-corrected chi connectivity index (χ2v) is 5.93. The Balaban J connectivity index is 1.66. The summed E-state index contributed by atoms with van der Waals surface area (Å²) >= 11 is 0. The molecule has 144 valence electrons. The Labute approximate surface area is 160 Å². The van der Waals surface area contributed by atoms with Gasteiger partial charge in [-0.25, -0.2) is 4.79 Å². The molecule has 1 aliphatic rings. The van der Waals surface area contributed by atoms with Crippen molar-refractivity contribution >= 4 is 23.8 Å². The molecule has 2 aromatic rings. The van der Waals surface area contributed by atoms with Crippen LogP contribution in [0.25, 0.3) is 0 Å². The number of urea groups is 1. The van der Waals surface area contributed by atoms with Gasteiger partial charge in [-0.15, -0.1) is 0 Å². The van der Waals surface area contributed by atoms with Crippen molar-refractivity contribution in [1.29, 1.82) is 0 Å². The Morgan fingerprint density at radius 3 is 2.36 bits per heavy atom. The average molecular weight is 382 g/mol. The van der Waals surface area contributed by atoms with E-state index >= 15 is 0 Å². The Bertz CT molecular complexity index is 910. The normalized spacial score (nSPS) is 13.1. The SMILES string of the molecule is COc1ccc(C(=O)NNC(=O)c2ccccc2CN2C(=O)CNC2=O)cc1. The van der Waals surface area contributed by atoms with Gasteiger partial charge >= 0.3 is 6.03 Å². The van der Waals surface area contributed by atoms with Crippen molar-refractivity contribution in [3.63, 3.8) is 0 Å². The number of hydrogen-bond donors (Lipinski definition) is 3. The summed E-state index contributed by atoms with van der Waals surface area (Å²) in [5.41, 5.74) is 5.73. The number of nitrogens with zero attached hydrogens (tertiary/aromatic N) is 1. The lowest BCUT2D eigenvalue weighted by Crippen LogP contribution is -2.42. The van der Waals surface area contributed by atoms with E-state index in [1.54, 1.807) is 48.5 Å². The molecule has 0 saturated carbocycles. The van der Waals surface area contributed by atoms with Crippen molar-refractivity contribution in [3.8, 4) is 5.75 Å². The molecule has 1 saturated heterocycles. The lowest BCUT2D eigenvalue weighted by Gasteiger charge is -2.15. The summed E-state index contributed by atoms with van der Waals surface area (Å²) in [5.74, 6) is -0.824. The Kier molecular flexibility index (Phi) is 5.54. The van der Waals surface area contributed by atoms with Gasteiger partial charge in [-0.2, -0.15) is 0 Å². The zero-order valence-electron chi connectivity index (χ0n) is 15.0. The molecule has 2 aromatic carbocycles. The summed E-state index contributed by atoms with van der Waals surface area (Å²) in [6.07, 6.45) is 0. The zero-order valence-corrected chi connectivity index (χ0v) is 15.0. The van der Waals surface area contributed by atoms with Crippen molar-refractivity contribution < 1.29 is 23.9 Å². The number of imide groups is 1. The van der Waals surface area contributed by atoms with E-state index in [0.717, 1.165) is 4.90 Å². The van der Waals surface area contributed by atoms with Crippen LogP contribution >= 0.6 is 0 Å². The predicted molar refractivity (Wildman–Crippen MR) is 98.3 cm³/mol. The van der Waals surface area contributed by atoms with E-state index in [-0.39, 0.29) is 24.6 Å². The first-order valence-corrected chi connectivity index (χ1v) is 8.40. The molecule has 1 aliphatic heterocycles. The fourth-order valence-electron chi connectivity index (χ4n) is 2.66. The molecule has 0 atom stereocenters. The Hall–Kier alpha value is -3.88. The van der Waals surface area contributed by atoms with Crippen LogP contribution in [0.1, 0.15) is 26.3 Å². The third-order valence-corrected chi connectivity index (χ3v) is 4.17. The maximum atomic E-state index is 12.5. The topological polar surface area (TPSA) is 117 Å². The molecule has 0 aromatic heterocycles. The number of rotatable bonds is 5. The minimum absolute atomic E-state index is 0.0410. The second-order valence-electron chi connectivity index (χ2n) is 5.93. The Morgan fingerprint density at radius 1 is 1.04 bits per heavy atom. The first-order chi connectivity index (χ1) is 13.5. The summed E-state index contributed by atoms with van der Waals surface area (Å²) in [4.78, 5) is 49.2. The molecule has 0 aliphatic carbocycles. The van der Waals surface area contributed by atoms with Crippen LogP contribution in [-0.4, -0.2) is 42.3 Å². The number of carbonyl (C=O) groups is 4. The van der Waals surface area contributed by atoms with Crippen LogP contribution in [0.5, 0.6) is 5.75 Å². The van der Waals surface area contributed by atoms with E-state index in [1.807, 2.05) is 0 Å². The summed E-state index contributed by atoms with van der Waals surface area (Å²) in [6, 6.07) is 12.4. The minimum atomic E-state index is -0.565. The summed E-state index contributed by atoms with van der Waals surface area (Å²) in [7, 11) is 1.52. The van der Waals surface area contributed by atoms with Gasteiger partial charge < -0.3 is 10.1 Å². The van der Waals surface area contributed by atoms with Gasteiger partial charge in [-0.05, 0) is 35.9 Å². The van der Waals surface area contributed by atoms with E-state index < -0.39 is 17.8 Å². The van der Waals surface area contributed by atoms with E-state index in [4.69, 9.17) is 4.74 Å². The second kappa shape index (κ2) is 8.21. The van der Waals surface area contributed by atoms with Crippen LogP contribution in [0.4, 0.5) is 4.79 Å². The third kappa shape index (κ3) is 4.09. The van der Waals surface area contributed by atoms with Gasteiger partial charge in [0.1, 0.15) is 5.75 Å². The highest BCUT2D eigenvalue weighted by Gasteiger charge is 2.29. The standard InChI is InChI=1S/C19H18N4O5/c1-28-14-8-6-12(7-9-14)17(25)21-22-18(26)15-5-3-2-4-13(15)11-23-16(24)10-20-19(23)27/h2-9H,10-11H2,1H3,(H,20,27)(H,21,25)(H,22,26). The van der Waals surface area contributed by atoms with Crippen LogP contribution in [0.3, 0.4) is 0 Å². The van der Waals surface area contributed by atoms with Crippen molar-refractivity contribution in [1.82, 2.24) is 21.1 Å². The molecule has 5 amide bonds. The van der Waals surface area contributed by atoms with Crippen LogP contribution in [-0.2, 0) is 11.3 Å². The van der Waals surface area contributed by atoms with Crippen LogP contribution in [0.15, 0.2) is 48.5 Å². The maximum Gasteiger partial charge on any atom is 0.324 e. The highest BCUT2D eigenvalue weighted by molar-refractivity contribution is 6.03. The van der Waals surface area contributed by atoms with Crippen LogP contribution in [0.2, 0.25) is 0 Å². The molecule has 9 nitrogen and oxygen atoms in total. The first-order valence-electron chi connectivity index (χ1n) is 8.40. The highest BCUT2D eigenvalue weighted by atomic mass is 16.5. The van der Waals surface area contributed by atoms with Crippen molar-refractivity contribution in [3.05, 3.63) is 65.2 Å². The van der Waals surface area contributed by atoms with Crippen molar-refractivity contribution in [2.24, 2.45) is 0 Å². The molecular weight excluding hydrogens is 364 g/mol. The molecule has 3 rings (SSSR count). The molecule has 28 heavy (non-hydrogen) atoms. The Morgan fingerprint density at radius 2 is 1.71 bits per heavy atom. The van der Waals surface area contributed by atoms with E-state index in [1.165, 1.54) is 7.11 Å². The predicted octanol–water partition coefficient (Wildman–Crippen LogP) is 0.822. The van der Waals surface area contributed by atoms with Crippen molar-refractivity contribution in [2.45, 2.75) is 6.54 Å².